The first-order chi connectivity index (χ1) is 17.8. The van der Waals surface area contributed by atoms with E-state index in [0.717, 1.165) is 0 Å². The minimum atomic E-state index is -0.965. The second-order valence-electron chi connectivity index (χ2n) is 8.31. The lowest BCUT2D eigenvalue weighted by molar-refractivity contribution is -0.117. The van der Waals surface area contributed by atoms with Gasteiger partial charge in [0.1, 0.15) is 0 Å². The van der Waals surface area contributed by atoms with E-state index in [1.807, 2.05) is 0 Å². The molecule has 37 heavy (non-hydrogen) atoms. The molecule has 1 aliphatic heterocycles. The number of nitrogens with one attached hydrogen (secondary N) is 1. The number of aromatic nitrogens is 1. The highest BCUT2D eigenvalue weighted by Gasteiger charge is 2.45. The number of pyridine rings is 1. The quantitative estimate of drug-likeness (QED) is 0.336. The molecule has 0 saturated heterocycles. The van der Waals surface area contributed by atoms with Crippen LogP contribution in [0.15, 0.2) is 82.7 Å². The van der Waals surface area contributed by atoms with Crippen LogP contribution in [0, 0.1) is 0 Å². The summed E-state index contributed by atoms with van der Waals surface area (Å²) in [5, 5.41) is 14.5. The number of furan rings is 1. The van der Waals surface area contributed by atoms with Gasteiger partial charge in [-0.1, -0.05) is 11.6 Å². The van der Waals surface area contributed by atoms with E-state index >= 15 is 0 Å². The van der Waals surface area contributed by atoms with Crippen LogP contribution in [0.3, 0.4) is 0 Å². The van der Waals surface area contributed by atoms with Crippen LogP contribution in [0.5, 0.6) is 5.75 Å². The Labute approximate surface area is 215 Å². The molecule has 9 nitrogen and oxygen atoms in total. The fourth-order valence-corrected chi connectivity index (χ4v) is 4.57. The molecule has 0 aliphatic carbocycles. The van der Waals surface area contributed by atoms with Crippen molar-refractivity contribution >= 4 is 51.5 Å². The van der Waals surface area contributed by atoms with Crippen LogP contribution in [0.1, 0.15) is 29.1 Å². The zero-order chi connectivity index (χ0) is 26.3. The van der Waals surface area contributed by atoms with Crippen molar-refractivity contribution in [2.75, 3.05) is 17.3 Å². The molecule has 0 bridgehead atoms. The molecule has 0 saturated carbocycles. The molecule has 0 radical (unpaired) electrons. The molecular weight excluding hydrogens is 498 g/mol. The van der Waals surface area contributed by atoms with E-state index in [2.05, 4.69) is 10.3 Å². The van der Waals surface area contributed by atoms with Crippen LogP contribution in [-0.4, -0.2) is 34.8 Å². The van der Waals surface area contributed by atoms with Crippen LogP contribution >= 0.6 is 11.6 Å². The number of ketones is 1. The van der Waals surface area contributed by atoms with Gasteiger partial charge in [0.2, 0.25) is 11.7 Å². The summed E-state index contributed by atoms with van der Waals surface area (Å²) in [6.45, 7) is 1.39. The molecule has 10 heteroatoms. The first-order valence-corrected chi connectivity index (χ1v) is 11.5. The third-order valence-electron chi connectivity index (χ3n) is 5.93. The SMILES string of the molecule is COc1cc(Cl)cc2cc(C(=O)C3=C(O)C(=O)N(c4ccc(NC(C)=O)cc4)C3c3ccncc3)oc12. The average Bonchev–Trinajstić information content (AvgIpc) is 3.43. The van der Waals surface area contributed by atoms with Crippen LogP contribution in [0.4, 0.5) is 11.4 Å². The molecule has 2 aromatic carbocycles. The minimum absolute atomic E-state index is 0.0909. The second-order valence-corrected chi connectivity index (χ2v) is 8.75. The number of aliphatic hydroxyl groups is 1. The number of hydrogen-bond acceptors (Lipinski definition) is 7. The van der Waals surface area contributed by atoms with Gasteiger partial charge in [0.25, 0.3) is 5.91 Å². The van der Waals surface area contributed by atoms with Crippen molar-refractivity contribution in [2.45, 2.75) is 13.0 Å². The zero-order valence-electron chi connectivity index (χ0n) is 19.7. The van der Waals surface area contributed by atoms with Crippen LogP contribution in [0.25, 0.3) is 11.0 Å². The first kappa shape index (κ1) is 24.1. The summed E-state index contributed by atoms with van der Waals surface area (Å²) in [5.41, 5.74) is 1.66. The van der Waals surface area contributed by atoms with E-state index in [0.29, 0.717) is 38.7 Å². The Morgan fingerprint density at radius 1 is 1.11 bits per heavy atom. The van der Waals surface area contributed by atoms with Gasteiger partial charge in [0.15, 0.2) is 22.9 Å². The molecule has 2 N–H and O–H groups in total. The Bertz CT molecular complexity index is 1580. The van der Waals surface area contributed by atoms with Gasteiger partial charge in [0.05, 0.1) is 18.7 Å². The summed E-state index contributed by atoms with van der Waals surface area (Å²) in [6.07, 6.45) is 3.06. The Balaban J connectivity index is 1.61. The summed E-state index contributed by atoms with van der Waals surface area (Å²) < 4.78 is 11.1. The molecule has 2 aromatic heterocycles. The molecule has 0 fully saturated rings. The molecule has 2 amide bonds. The Hall–Kier alpha value is -4.63. The largest absolute Gasteiger partial charge is 0.503 e. The number of ether oxygens (including phenoxy) is 1. The van der Waals surface area contributed by atoms with Crippen molar-refractivity contribution in [2.24, 2.45) is 0 Å². The molecule has 4 aromatic rings. The van der Waals surface area contributed by atoms with Crippen LogP contribution in [0.2, 0.25) is 5.02 Å². The second kappa shape index (κ2) is 9.44. The maximum atomic E-state index is 13.8. The number of anilines is 2. The Morgan fingerprint density at radius 2 is 1.81 bits per heavy atom. The lowest BCUT2D eigenvalue weighted by atomic mass is 9.95. The number of halogens is 1. The summed E-state index contributed by atoms with van der Waals surface area (Å²) >= 11 is 6.15. The summed E-state index contributed by atoms with van der Waals surface area (Å²) in [6, 6.07) is 13.5. The maximum absolute atomic E-state index is 13.8. The maximum Gasteiger partial charge on any atom is 0.294 e. The number of rotatable bonds is 6. The van der Waals surface area contributed by atoms with Gasteiger partial charge in [-0.3, -0.25) is 24.3 Å². The third-order valence-corrected chi connectivity index (χ3v) is 6.15. The number of benzene rings is 2. The molecule has 1 unspecified atom stereocenters. The smallest absolute Gasteiger partial charge is 0.294 e. The van der Waals surface area contributed by atoms with Gasteiger partial charge in [-0.25, -0.2) is 0 Å². The molecule has 5 rings (SSSR count). The fraction of sp³-hybridized carbons (Fsp3) is 0.111. The number of Topliss-reactive ketones (excluding diaryl/α,β-unsaturated/α-hetero) is 1. The number of aliphatic hydroxyl groups excluding tert-OH is 1. The minimum Gasteiger partial charge on any atom is -0.503 e. The zero-order valence-corrected chi connectivity index (χ0v) is 20.4. The van der Waals surface area contributed by atoms with E-state index in [-0.39, 0.29) is 17.2 Å². The van der Waals surface area contributed by atoms with E-state index in [1.165, 1.54) is 37.4 Å². The predicted octanol–water partition coefficient (Wildman–Crippen LogP) is 5.23. The highest BCUT2D eigenvalue weighted by atomic mass is 35.5. The van der Waals surface area contributed by atoms with E-state index in [9.17, 15) is 19.5 Å². The van der Waals surface area contributed by atoms with Crippen molar-refractivity contribution in [1.82, 2.24) is 4.98 Å². The van der Waals surface area contributed by atoms with Gasteiger partial charge in [-0.05, 0) is 54.1 Å². The van der Waals surface area contributed by atoms with E-state index < -0.39 is 23.5 Å². The third kappa shape index (κ3) is 4.30. The van der Waals surface area contributed by atoms with Gasteiger partial charge < -0.3 is 19.6 Å². The summed E-state index contributed by atoms with van der Waals surface area (Å²) in [7, 11) is 1.45. The average molecular weight is 518 g/mol. The topological polar surface area (TPSA) is 122 Å². The van der Waals surface area contributed by atoms with Crippen molar-refractivity contribution in [3.63, 3.8) is 0 Å². The van der Waals surface area contributed by atoms with Gasteiger partial charge in [-0.2, -0.15) is 0 Å². The van der Waals surface area contributed by atoms with Crippen molar-refractivity contribution in [3.8, 4) is 5.75 Å². The Morgan fingerprint density at radius 3 is 2.46 bits per heavy atom. The molecule has 1 atom stereocenters. The fourth-order valence-electron chi connectivity index (χ4n) is 4.36. The van der Waals surface area contributed by atoms with Crippen LogP contribution < -0.4 is 15.0 Å². The molecular formula is C27H20ClN3O6. The molecule has 3 heterocycles. The number of hydrogen-bond donors (Lipinski definition) is 2. The Kier molecular flexibility index (Phi) is 6.14. The molecule has 0 spiro atoms. The monoisotopic (exact) mass is 517 g/mol. The highest BCUT2D eigenvalue weighted by molar-refractivity contribution is 6.31. The number of fused-ring (bicyclic) bond motifs is 1. The van der Waals surface area contributed by atoms with Crippen molar-refractivity contribution < 1.29 is 28.6 Å². The normalized spacial score (nSPS) is 15.4. The number of methoxy groups -OCH3 is 1. The lowest BCUT2D eigenvalue weighted by Crippen LogP contribution is -2.31. The number of carbonyl (C=O) groups excluding carboxylic acids is 3. The standard InChI is InChI=1S/C27H20ClN3O6/c1-14(32)30-18-3-5-19(6-4-18)31-23(15-7-9-29-10-8-15)22(25(34)27(31)35)24(33)20-12-16-11-17(28)13-21(36-2)26(16)37-20/h3-13,23,34H,1-2H3,(H,30,32). The van der Waals surface area contributed by atoms with Gasteiger partial charge >= 0.3 is 0 Å². The highest BCUT2D eigenvalue weighted by Crippen LogP contribution is 2.43. The van der Waals surface area contributed by atoms with Crippen molar-refractivity contribution in [3.05, 3.63) is 94.7 Å². The molecule has 1 aliphatic rings. The van der Waals surface area contributed by atoms with E-state index in [4.69, 9.17) is 20.8 Å². The van der Waals surface area contributed by atoms with Crippen molar-refractivity contribution in [1.29, 1.82) is 0 Å². The first-order valence-electron chi connectivity index (χ1n) is 11.1. The van der Waals surface area contributed by atoms with Gasteiger partial charge in [0, 0.05) is 47.2 Å². The van der Waals surface area contributed by atoms with E-state index in [1.54, 1.807) is 48.5 Å². The van der Waals surface area contributed by atoms with Gasteiger partial charge in [-0.15, -0.1) is 0 Å². The lowest BCUT2D eigenvalue weighted by Gasteiger charge is -2.26. The number of nitrogens with zero attached hydrogens (tertiary/aromatic N) is 2. The number of carbonyl (C=O) groups is 3. The summed E-state index contributed by atoms with van der Waals surface area (Å²) in [5.74, 6) is -2.10. The summed E-state index contributed by atoms with van der Waals surface area (Å²) in [4.78, 5) is 43.8. The predicted molar refractivity (Wildman–Crippen MR) is 137 cm³/mol. The molecule has 186 valence electrons. The van der Waals surface area contributed by atoms with Crippen LogP contribution in [-0.2, 0) is 9.59 Å². The number of amides is 2.